The second-order valence-electron chi connectivity index (χ2n) is 8.08. The van der Waals surface area contributed by atoms with Crippen LogP contribution in [0.4, 0.5) is 0 Å². The van der Waals surface area contributed by atoms with Crippen LogP contribution in [-0.4, -0.2) is 40.2 Å². The van der Waals surface area contributed by atoms with Crippen molar-refractivity contribution in [1.29, 1.82) is 0 Å². The van der Waals surface area contributed by atoms with Gasteiger partial charge in [-0.05, 0) is 51.0 Å². The van der Waals surface area contributed by atoms with Gasteiger partial charge in [-0.3, -0.25) is 9.59 Å². The van der Waals surface area contributed by atoms with Gasteiger partial charge in [0.15, 0.2) is 0 Å². The van der Waals surface area contributed by atoms with Crippen LogP contribution >= 0.6 is 0 Å². The van der Waals surface area contributed by atoms with E-state index in [0.717, 1.165) is 31.2 Å². The van der Waals surface area contributed by atoms with Gasteiger partial charge in [0, 0.05) is 31.6 Å². The Hall–Kier alpha value is -1.84. The molecule has 2 saturated carbocycles. The fraction of sp³-hybridized carbons (Fsp3) is 0.619. The van der Waals surface area contributed by atoms with Gasteiger partial charge in [0.05, 0.1) is 5.92 Å². The fourth-order valence-corrected chi connectivity index (χ4v) is 4.20. The maximum absolute atomic E-state index is 13.1. The molecule has 0 unspecified atom stereocenters. The maximum atomic E-state index is 13.1. The molecule has 4 rings (SSSR count). The average Bonchev–Trinajstić information content (AvgIpc) is 2.86. The van der Waals surface area contributed by atoms with Crippen LogP contribution < -0.4 is 0 Å². The number of hydrogen-bond donors (Lipinski definition) is 0. The third kappa shape index (κ3) is 3.31. The summed E-state index contributed by atoms with van der Waals surface area (Å²) in [7, 11) is 0. The quantitative estimate of drug-likeness (QED) is 0.825. The van der Waals surface area contributed by atoms with Gasteiger partial charge in [-0.2, -0.15) is 0 Å². The van der Waals surface area contributed by atoms with Gasteiger partial charge in [0.1, 0.15) is 0 Å². The molecule has 4 nitrogen and oxygen atoms in total. The third-order valence-corrected chi connectivity index (χ3v) is 6.25. The van der Waals surface area contributed by atoms with Crippen LogP contribution in [0.2, 0.25) is 0 Å². The highest BCUT2D eigenvalue weighted by atomic mass is 16.2. The summed E-state index contributed by atoms with van der Waals surface area (Å²) in [5.74, 6) is 0.231. The van der Waals surface area contributed by atoms with E-state index in [-0.39, 0.29) is 17.7 Å². The molecular weight excluding hydrogens is 312 g/mol. The first-order valence-corrected chi connectivity index (χ1v) is 9.77. The predicted molar refractivity (Wildman–Crippen MR) is 96.8 cm³/mol. The van der Waals surface area contributed by atoms with Crippen molar-refractivity contribution in [3.63, 3.8) is 0 Å². The number of benzene rings is 1. The summed E-state index contributed by atoms with van der Waals surface area (Å²) < 4.78 is 0. The lowest BCUT2D eigenvalue weighted by molar-refractivity contribution is -0.145. The van der Waals surface area contributed by atoms with Gasteiger partial charge in [-0.15, -0.1) is 0 Å². The number of rotatable bonds is 5. The van der Waals surface area contributed by atoms with Crippen molar-refractivity contribution >= 4 is 11.8 Å². The minimum Gasteiger partial charge on any atom is -0.338 e. The Morgan fingerprint density at radius 3 is 2.20 bits per heavy atom. The molecule has 1 aliphatic heterocycles. The van der Waals surface area contributed by atoms with E-state index in [1.54, 1.807) is 0 Å². The molecule has 25 heavy (non-hydrogen) atoms. The van der Waals surface area contributed by atoms with E-state index in [0.29, 0.717) is 31.6 Å². The highest BCUT2D eigenvalue weighted by Crippen LogP contribution is 2.36. The number of hydrogen-bond acceptors (Lipinski definition) is 2. The monoisotopic (exact) mass is 340 g/mol. The molecule has 1 aromatic rings. The summed E-state index contributed by atoms with van der Waals surface area (Å²) in [5, 5.41) is 0. The number of amides is 2. The molecular formula is C21H28N2O2. The molecule has 134 valence electrons. The van der Waals surface area contributed by atoms with Crippen LogP contribution in [0.3, 0.4) is 0 Å². The van der Waals surface area contributed by atoms with E-state index in [4.69, 9.17) is 0 Å². The van der Waals surface area contributed by atoms with Crippen LogP contribution in [0.25, 0.3) is 0 Å². The average molecular weight is 340 g/mol. The summed E-state index contributed by atoms with van der Waals surface area (Å²) in [6.07, 6.45) is 7.47. The minimum absolute atomic E-state index is 0.126. The number of carbonyl (C=O) groups excluding carboxylic acids is 2. The first-order valence-electron chi connectivity index (χ1n) is 9.77. The van der Waals surface area contributed by atoms with E-state index in [2.05, 4.69) is 36.1 Å². The van der Waals surface area contributed by atoms with Gasteiger partial charge in [0.25, 0.3) is 0 Å². The predicted octanol–water partition coefficient (Wildman–Crippen LogP) is 3.28. The fourth-order valence-electron chi connectivity index (χ4n) is 4.20. The largest absolute Gasteiger partial charge is 0.338 e. The van der Waals surface area contributed by atoms with E-state index >= 15 is 0 Å². The van der Waals surface area contributed by atoms with Crippen molar-refractivity contribution in [3.05, 3.63) is 35.4 Å². The lowest BCUT2D eigenvalue weighted by Crippen LogP contribution is -2.54. The number of likely N-dealkylation sites (tertiary alicyclic amines) is 1. The molecule has 1 saturated heterocycles. The van der Waals surface area contributed by atoms with Crippen LogP contribution in [0.15, 0.2) is 24.3 Å². The molecule has 1 aromatic carbocycles. The Morgan fingerprint density at radius 1 is 1.08 bits per heavy atom. The third-order valence-electron chi connectivity index (χ3n) is 6.25. The Balaban J connectivity index is 1.41. The number of nitrogens with zero attached hydrogens (tertiary/aromatic N) is 2. The zero-order valence-corrected chi connectivity index (χ0v) is 15.1. The zero-order chi connectivity index (χ0) is 17.4. The Labute approximate surface area is 150 Å². The van der Waals surface area contributed by atoms with E-state index in [1.807, 2.05) is 4.90 Å². The Bertz CT molecular complexity index is 632. The topological polar surface area (TPSA) is 40.6 Å². The summed E-state index contributed by atoms with van der Waals surface area (Å²) >= 11 is 0. The standard InChI is InChI=1S/C21H28N2O2/c1-15-8-10-16(11-9-15)13-22-14-17(12-20(22)24)21(25)23(18-4-2-5-18)19-6-3-7-19/h8-11,17-19H,2-7,12-14H2,1H3/t17-/m1/s1. The lowest BCUT2D eigenvalue weighted by Gasteiger charge is -2.47. The van der Waals surface area contributed by atoms with Gasteiger partial charge < -0.3 is 9.80 Å². The Morgan fingerprint density at radius 2 is 1.68 bits per heavy atom. The molecule has 0 aromatic heterocycles. The smallest absolute Gasteiger partial charge is 0.228 e. The molecule has 2 aliphatic carbocycles. The summed E-state index contributed by atoms with van der Waals surface area (Å²) in [6, 6.07) is 9.19. The second-order valence-corrected chi connectivity index (χ2v) is 8.08. The van der Waals surface area contributed by atoms with E-state index < -0.39 is 0 Å². The molecule has 0 N–H and O–H groups in total. The summed E-state index contributed by atoms with van der Waals surface area (Å²) in [4.78, 5) is 29.6. The Kier molecular flexibility index (Phi) is 4.53. The van der Waals surface area contributed by atoms with Crippen LogP contribution in [0.1, 0.15) is 56.1 Å². The molecule has 0 spiro atoms. The molecule has 0 bridgehead atoms. The number of carbonyl (C=O) groups is 2. The highest BCUT2D eigenvalue weighted by Gasteiger charge is 2.43. The SMILES string of the molecule is Cc1ccc(CN2C[C@H](C(=O)N(C3CCC3)C3CCC3)CC2=O)cc1. The summed E-state index contributed by atoms with van der Waals surface area (Å²) in [6.45, 7) is 3.27. The zero-order valence-electron chi connectivity index (χ0n) is 15.1. The van der Waals surface area contributed by atoms with Crippen molar-refractivity contribution < 1.29 is 9.59 Å². The summed E-state index contributed by atoms with van der Waals surface area (Å²) in [5.41, 5.74) is 2.36. The number of aryl methyl sites for hydroxylation is 1. The van der Waals surface area contributed by atoms with Gasteiger partial charge in [-0.1, -0.05) is 29.8 Å². The van der Waals surface area contributed by atoms with Crippen LogP contribution in [0.5, 0.6) is 0 Å². The van der Waals surface area contributed by atoms with Gasteiger partial charge in [0.2, 0.25) is 11.8 Å². The molecule has 4 heteroatoms. The minimum atomic E-state index is -0.140. The first kappa shape index (κ1) is 16.6. The van der Waals surface area contributed by atoms with Crippen molar-refractivity contribution in [1.82, 2.24) is 9.80 Å². The maximum Gasteiger partial charge on any atom is 0.228 e. The normalized spacial score (nSPS) is 24.1. The molecule has 1 atom stereocenters. The van der Waals surface area contributed by atoms with E-state index in [9.17, 15) is 9.59 Å². The molecule has 2 amide bonds. The lowest BCUT2D eigenvalue weighted by atomic mass is 9.83. The highest BCUT2D eigenvalue weighted by molar-refractivity contribution is 5.89. The van der Waals surface area contributed by atoms with Crippen molar-refractivity contribution in [2.45, 2.75) is 70.5 Å². The van der Waals surface area contributed by atoms with Crippen molar-refractivity contribution in [2.24, 2.45) is 5.92 Å². The van der Waals surface area contributed by atoms with Crippen molar-refractivity contribution in [3.8, 4) is 0 Å². The van der Waals surface area contributed by atoms with Crippen LogP contribution in [0, 0.1) is 12.8 Å². The first-order chi connectivity index (χ1) is 12.1. The molecule has 3 fully saturated rings. The van der Waals surface area contributed by atoms with Crippen LogP contribution in [-0.2, 0) is 16.1 Å². The van der Waals surface area contributed by atoms with Crippen molar-refractivity contribution in [2.75, 3.05) is 6.54 Å². The second kappa shape index (κ2) is 6.81. The molecule has 1 heterocycles. The van der Waals surface area contributed by atoms with E-state index in [1.165, 1.54) is 18.4 Å². The molecule has 0 radical (unpaired) electrons. The molecule has 3 aliphatic rings. The van der Waals surface area contributed by atoms with Gasteiger partial charge in [-0.25, -0.2) is 0 Å². The van der Waals surface area contributed by atoms with Gasteiger partial charge >= 0.3 is 0 Å².